The number of benzene rings is 2. The number of pyridine rings is 2. The first-order valence-electron chi connectivity index (χ1n) is 17.0. The van der Waals surface area contributed by atoms with Crippen molar-refractivity contribution in [3.05, 3.63) is 93.6 Å². The highest BCUT2D eigenvalue weighted by atomic mass is 79.9. The van der Waals surface area contributed by atoms with E-state index in [0.717, 1.165) is 91.9 Å². The van der Waals surface area contributed by atoms with E-state index in [-0.39, 0.29) is 11.8 Å². The maximum Gasteiger partial charge on any atom is 0.220 e. The number of rotatable bonds is 12. The van der Waals surface area contributed by atoms with E-state index >= 15 is 0 Å². The number of halogens is 2. The molecule has 1 fully saturated rings. The standard InChI is InChI=1S/C20H22BrN5O2.C17H14BrN5OS/c21-15-11-17-20(23-12-15)25-19(24-17)14-1-3-16(4-2-14)28-10-9-26-7-5-13(6-8-26)18(22)27;18-12-9-14-16(21-10-12)23-15(22-14)11-1-3-13(4-2-11)24-7-5-19-17-20-6-8-25-17/h1-4,11-13H,5-10H2,(H2,22,27)(H,23,24,25);1-4,6,8-10H,5,7H2,(H,19,20)(H,21,22,23). The summed E-state index contributed by atoms with van der Waals surface area (Å²) in [5, 5.41) is 6.05. The van der Waals surface area contributed by atoms with Gasteiger partial charge in [0, 0.05) is 56.5 Å². The number of fused-ring (bicyclic) bond motifs is 2. The number of nitrogens with two attached hydrogens (primary N) is 1. The Labute approximate surface area is 326 Å². The van der Waals surface area contributed by atoms with E-state index in [1.54, 1.807) is 29.9 Å². The average molecular weight is 861 g/mol. The molecule has 0 radical (unpaired) electrons. The summed E-state index contributed by atoms with van der Waals surface area (Å²) in [5.41, 5.74) is 10.5. The lowest BCUT2D eigenvalue weighted by Crippen LogP contribution is -2.40. The van der Waals surface area contributed by atoms with Gasteiger partial charge in [-0.25, -0.2) is 24.9 Å². The molecule has 2 aromatic carbocycles. The Balaban J connectivity index is 0.000000165. The molecular formula is C37H36Br2N10O3S. The van der Waals surface area contributed by atoms with Crippen LogP contribution in [0.1, 0.15) is 12.8 Å². The number of hydrogen-bond donors (Lipinski definition) is 4. The van der Waals surface area contributed by atoms with Gasteiger partial charge in [0.15, 0.2) is 16.4 Å². The molecule has 1 aliphatic heterocycles. The third-order valence-electron chi connectivity index (χ3n) is 8.61. The van der Waals surface area contributed by atoms with E-state index in [1.807, 2.05) is 66.0 Å². The van der Waals surface area contributed by atoms with E-state index in [1.165, 1.54) is 0 Å². The largest absolute Gasteiger partial charge is 0.492 e. The van der Waals surface area contributed by atoms with Crippen molar-refractivity contribution in [2.24, 2.45) is 11.7 Å². The summed E-state index contributed by atoms with van der Waals surface area (Å²) < 4.78 is 13.4. The van der Waals surface area contributed by atoms with Gasteiger partial charge in [0.1, 0.15) is 36.4 Å². The fraction of sp³-hybridized carbons (Fsp3) is 0.243. The van der Waals surface area contributed by atoms with Crippen LogP contribution in [0, 0.1) is 5.92 Å². The highest BCUT2D eigenvalue weighted by Crippen LogP contribution is 2.25. The number of imidazole rings is 2. The zero-order chi connectivity index (χ0) is 36.6. The van der Waals surface area contributed by atoms with Crippen molar-refractivity contribution >= 4 is 76.6 Å². The number of likely N-dealkylation sites (tertiary alicyclic amines) is 1. The van der Waals surface area contributed by atoms with E-state index < -0.39 is 0 Å². The van der Waals surface area contributed by atoms with Crippen LogP contribution in [0.3, 0.4) is 0 Å². The first kappa shape index (κ1) is 36.5. The Kier molecular flexibility index (Phi) is 11.9. The first-order chi connectivity index (χ1) is 25.9. The zero-order valence-electron chi connectivity index (χ0n) is 28.5. The molecule has 0 saturated carbocycles. The number of anilines is 1. The predicted octanol–water partition coefficient (Wildman–Crippen LogP) is 7.30. The Hall–Kier alpha value is -4.90. The number of H-pyrrole nitrogens is 2. The molecule has 13 nitrogen and oxygen atoms in total. The Morgan fingerprint density at radius 2 is 1.38 bits per heavy atom. The van der Waals surface area contributed by atoms with Gasteiger partial charge in [-0.1, -0.05) is 0 Å². The van der Waals surface area contributed by atoms with Crippen LogP contribution >= 0.6 is 43.2 Å². The fourth-order valence-electron chi connectivity index (χ4n) is 5.81. The van der Waals surface area contributed by atoms with Crippen molar-refractivity contribution in [2.75, 3.05) is 44.7 Å². The summed E-state index contributed by atoms with van der Waals surface area (Å²) >= 11 is 8.41. The molecule has 0 aliphatic carbocycles. The molecule has 5 N–H and O–H groups in total. The lowest BCUT2D eigenvalue weighted by Gasteiger charge is -2.30. The van der Waals surface area contributed by atoms with Crippen LogP contribution in [0.5, 0.6) is 11.5 Å². The van der Waals surface area contributed by atoms with E-state index in [0.29, 0.717) is 31.1 Å². The summed E-state index contributed by atoms with van der Waals surface area (Å²) in [6.07, 6.45) is 6.93. The number of primary amides is 1. The van der Waals surface area contributed by atoms with Crippen LogP contribution < -0.4 is 20.5 Å². The van der Waals surface area contributed by atoms with Crippen LogP contribution in [-0.2, 0) is 4.79 Å². The third kappa shape index (κ3) is 9.75. The van der Waals surface area contributed by atoms with Crippen molar-refractivity contribution < 1.29 is 14.3 Å². The summed E-state index contributed by atoms with van der Waals surface area (Å²) in [6, 6.07) is 19.6. The number of ether oxygens (including phenoxy) is 2. The molecule has 7 aromatic rings. The Morgan fingerprint density at radius 1 is 0.830 bits per heavy atom. The van der Waals surface area contributed by atoms with Crippen LogP contribution in [0.2, 0.25) is 0 Å². The number of carbonyl (C=O) groups excluding carboxylic acids is 1. The van der Waals surface area contributed by atoms with Gasteiger partial charge in [-0.15, -0.1) is 11.3 Å². The molecule has 53 heavy (non-hydrogen) atoms. The lowest BCUT2D eigenvalue weighted by molar-refractivity contribution is -0.123. The molecular weight excluding hydrogens is 824 g/mol. The maximum absolute atomic E-state index is 11.2. The molecule has 0 atom stereocenters. The minimum Gasteiger partial charge on any atom is -0.492 e. The number of aromatic amines is 2. The van der Waals surface area contributed by atoms with Gasteiger partial charge in [-0.2, -0.15) is 0 Å². The molecule has 16 heteroatoms. The number of thiazole rings is 1. The molecule has 0 spiro atoms. The quantitative estimate of drug-likeness (QED) is 0.0914. The van der Waals surface area contributed by atoms with E-state index in [9.17, 15) is 4.79 Å². The average Bonchev–Trinajstić information content (AvgIpc) is 3.95. The highest BCUT2D eigenvalue weighted by Gasteiger charge is 2.22. The van der Waals surface area contributed by atoms with Crippen molar-refractivity contribution in [1.82, 2.24) is 39.8 Å². The van der Waals surface area contributed by atoms with Gasteiger partial charge in [0.2, 0.25) is 5.91 Å². The van der Waals surface area contributed by atoms with Gasteiger partial charge in [-0.05, 0) is 118 Å². The molecule has 8 rings (SSSR count). The van der Waals surface area contributed by atoms with Gasteiger partial charge < -0.3 is 30.5 Å². The number of hydrogen-bond acceptors (Lipinski definition) is 11. The third-order valence-corrected chi connectivity index (χ3v) is 10.2. The number of piperidine rings is 1. The second-order valence-corrected chi connectivity index (χ2v) is 15.0. The Morgan fingerprint density at radius 3 is 1.89 bits per heavy atom. The van der Waals surface area contributed by atoms with E-state index in [4.69, 9.17) is 15.2 Å². The minimum absolute atomic E-state index is 0.0271. The fourth-order valence-corrected chi connectivity index (χ4v) is 7.03. The number of aromatic nitrogens is 7. The van der Waals surface area contributed by atoms with Gasteiger partial charge in [-0.3, -0.25) is 9.69 Å². The van der Waals surface area contributed by atoms with Crippen LogP contribution in [0.4, 0.5) is 5.13 Å². The summed E-state index contributed by atoms with van der Waals surface area (Å²) in [5.74, 6) is 3.07. The maximum atomic E-state index is 11.2. The second-order valence-electron chi connectivity index (χ2n) is 12.2. The molecule has 1 amide bonds. The number of carbonyl (C=O) groups is 1. The highest BCUT2D eigenvalue weighted by molar-refractivity contribution is 9.10. The number of nitrogens with zero attached hydrogens (tertiary/aromatic N) is 6. The van der Waals surface area contributed by atoms with Crippen molar-refractivity contribution in [2.45, 2.75) is 12.8 Å². The monoisotopic (exact) mass is 858 g/mol. The SMILES string of the molecule is Brc1cnc2nc(-c3ccc(OCCNc4nccs4)cc3)[nH]c2c1.NC(=O)C1CCN(CCOc2ccc(-c3nc4ncc(Br)cc4[nH]3)cc2)CC1. The summed E-state index contributed by atoms with van der Waals surface area (Å²) in [7, 11) is 0. The van der Waals surface area contributed by atoms with Gasteiger partial charge in [0.05, 0.1) is 17.6 Å². The topological polar surface area (TPSA) is 173 Å². The van der Waals surface area contributed by atoms with Crippen LogP contribution in [-0.4, -0.2) is 85.1 Å². The van der Waals surface area contributed by atoms with Crippen molar-refractivity contribution in [3.8, 4) is 34.3 Å². The molecule has 1 saturated heterocycles. The number of amides is 1. The summed E-state index contributed by atoms with van der Waals surface area (Å²) in [6.45, 7) is 4.53. The van der Waals surface area contributed by atoms with Crippen LogP contribution in [0.25, 0.3) is 45.1 Å². The smallest absolute Gasteiger partial charge is 0.220 e. The molecule has 5 aromatic heterocycles. The normalized spacial score (nSPS) is 13.5. The molecule has 272 valence electrons. The molecule has 6 heterocycles. The van der Waals surface area contributed by atoms with Crippen molar-refractivity contribution in [3.63, 3.8) is 0 Å². The lowest BCUT2D eigenvalue weighted by atomic mass is 9.96. The van der Waals surface area contributed by atoms with Crippen molar-refractivity contribution in [1.29, 1.82) is 0 Å². The second kappa shape index (κ2) is 17.3. The first-order valence-corrected chi connectivity index (χ1v) is 19.5. The zero-order valence-corrected chi connectivity index (χ0v) is 32.5. The Bertz CT molecular complexity index is 2260. The van der Waals surface area contributed by atoms with E-state index in [2.05, 4.69) is 77.0 Å². The van der Waals surface area contributed by atoms with Gasteiger partial charge in [0.25, 0.3) is 0 Å². The molecule has 0 unspecified atom stereocenters. The predicted molar refractivity (Wildman–Crippen MR) is 214 cm³/mol. The van der Waals surface area contributed by atoms with Crippen LogP contribution in [0.15, 0.2) is 93.6 Å². The van der Waals surface area contributed by atoms with Gasteiger partial charge >= 0.3 is 0 Å². The molecule has 1 aliphatic rings. The minimum atomic E-state index is -0.177. The summed E-state index contributed by atoms with van der Waals surface area (Å²) in [4.78, 5) is 41.9. The molecule has 0 bridgehead atoms. The number of nitrogens with one attached hydrogen (secondary N) is 3.